The standard InChI is InChI=1S/C38H25N3/c1-2-11-27-23-36-34(21-26(27)10-1)30-13-7-8-16-35(30)41(36)38-32-15-6-5-14-31(32)37(39-40-38)28-20-19-25-18-17-24-9-3-4-12-29(24)33(25)22-28/h1-23,39-40H. The number of nitrogens with one attached hydrogen (secondary N) is 2. The summed E-state index contributed by atoms with van der Waals surface area (Å²) in [5, 5.41) is 12.4. The van der Waals surface area contributed by atoms with Crippen molar-refractivity contribution in [2.75, 3.05) is 0 Å². The third-order valence-corrected chi connectivity index (χ3v) is 8.56. The van der Waals surface area contributed by atoms with Gasteiger partial charge in [0.25, 0.3) is 0 Å². The van der Waals surface area contributed by atoms with Gasteiger partial charge in [-0.2, -0.15) is 0 Å². The number of fused-ring (bicyclic) bond motifs is 8. The van der Waals surface area contributed by atoms with E-state index >= 15 is 0 Å². The summed E-state index contributed by atoms with van der Waals surface area (Å²) < 4.78 is 2.37. The van der Waals surface area contributed by atoms with Gasteiger partial charge in [-0.1, -0.05) is 115 Å². The number of hydrogen-bond donors (Lipinski definition) is 2. The van der Waals surface area contributed by atoms with E-state index in [-0.39, 0.29) is 0 Å². The Balaban J connectivity index is 1.37. The molecule has 1 aliphatic rings. The van der Waals surface area contributed by atoms with Crippen molar-refractivity contribution in [3.05, 3.63) is 156 Å². The van der Waals surface area contributed by atoms with Crippen LogP contribution in [0.5, 0.6) is 0 Å². The highest BCUT2D eigenvalue weighted by Crippen LogP contribution is 2.34. The van der Waals surface area contributed by atoms with Crippen LogP contribution in [0.2, 0.25) is 0 Å². The average molecular weight is 524 g/mol. The molecule has 0 amide bonds. The molecule has 8 aromatic rings. The highest BCUT2D eigenvalue weighted by atomic mass is 15.4. The van der Waals surface area contributed by atoms with Crippen LogP contribution >= 0.6 is 0 Å². The minimum absolute atomic E-state index is 1.03. The van der Waals surface area contributed by atoms with Gasteiger partial charge in [-0.25, -0.2) is 0 Å². The summed E-state index contributed by atoms with van der Waals surface area (Å²) in [6.07, 6.45) is 0. The number of benzene rings is 7. The molecule has 0 unspecified atom stereocenters. The second kappa shape index (κ2) is 8.48. The third-order valence-electron chi connectivity index (χ3n) is 8.56. The third kappa shape index (κ3) is 3.26. The Labute approximate surface area is 236 Å². The van der Waals surface area contributed by atoms with Gasteiger partial charge in [0.1, 0.15) is 5.82 Å². The fraction of sp³-hybridized carbons (Fsp3) is 0. The molecule has 7 aromatic carbocycles. The van der Waals surface area contributed by atoms with E-state index in [0.717, 1.165) is 22.3 Å². The quantitative estimate of drug-likeness (QED) is 0.236. The SMILES string of the molecule is c1ccc2c(c1)=C(c1ccc3ccc4ccccc4c3c1)NNC=2n1c2ccccc2c2cc3ccccc3cc21. The first-order chi connectivity index (χ1) is 20.3. The van der Waals surface area contributed by atoms with Gasteiger partial charge >= 0.3 is 0 Å². The van der Waals surface area contributed by atoms with Crippen LogP contribution in [-0.4, -0.2) is 4.57 Å². The molecule has 0 fully saturated rings. The van der Waals surface area contributed by atoms with Crippen molar-refractivity contribution in [3.63, 3.8) is 0 Å². The lowest BCUT2D eigenvalue weighted by molar-refractivity contribution is 0.758. The van der Waals surface area contributed by atoms with E-state index in [1.807, 2.05) is 0 Å². The minimum atomic E-state index is 1.03. The Morgan fingerprint density at radius 1 is 0.390 bits per heavy atom. The molecule has 1 aliphatic heterocycles. The Morgan fingerprint density at radius 3 is 1.88 bits per heavy atom. The molecule has 0 atom stereocenters. The van der Waals surface area contributed by atoms with Gasteiger partial charge in [-0.15, -0.1) is 0 Å². The molecule has 0 bridgehead atoms. The van der Waals surface area contributed by atoms with Crippen LogP contribution in [0.25, 0.3) is 65.6 Å². The summed E-state index contributed by atoms with van der Waals surface area (Å²) in [7, 11) is 0. The molecule has 3 heteroatoms. The summed E-state index contributed by atoms with van der Waals surface area (Å²) in [4.78, 5) is 0. The zero-order chi connectivity index (χ0) is 26.9. The van der Waals surface area contributed by atoms with Crippen molar-refractivity contribution < 1.29 is 0 Å². The topological polar surface area (TPSA) is 29.0 Å². The van der Waals surface area contributed by atoms with Crippen LogP contribution in [0.4, 0.5) is 0 Å². The maximum atomic E-state index is 3.64. The first kappa shape index (κ1) is 22.3. The highest BCUT2D eigenvalue weighted by Gasteiger charge is 2.19. The van der Waals surface area contributed by atoms with Crippen LogP contribution in [0.3, 0.4) is 0 Å². The van der Waals surface area contributed by atoms with Crippen molar-refractivity contribution in [1.82, 2.24) is 15.4 Å². The number of rotatable bonds is 2. The summed E-state index contributed by atoms with van der Waals surface area (Å²) in [6.45, 7) is 0. The van der Waals surface area contributed by atoms with Crippen LogP contribution in [0, 0.1) is 0 Å². The van der Waals surface area contributed by atoms with Crippen LogP contribution in [0.1, 0.15) is 5.56 Å². The van der Waals surface area contributed by atoms with Crippen molar-refractivity contribution in [2.45, 2.75) is 0 Å². The lowest BCUT2D eigenvalue weighted by atomic mass is 9.98. The Bertz CT molecular complexity index is 2480. The van der Waals surface area contributed by atoms with Gasteiger partial charge in [-0.3, -0.25) is 15.4 Å². The number of hydrazine groups is 1. The van der Waals surface area contributed by atoms with E-state index < -0.39 is 0 Å². The molecule has 0 spiro atoms. The second-order valence-corrected chi connectivity index (χ2v) is 10.8. The van der Waals surface area contributed by atoms with Gasteiger partial charge < -0.3 is 0 Å². The average Bonchev–Trinajstić information content (AvgIpc) is 3.36. The largest absolute Gasteiger partial charge is 0.298 e. The summed E-state index contributed by atoms with van der Waals surface area (Å²) in [5.74, 6) is 1.03. The maximum Gasteiger partial charge on any atom is 0.137 e. The van der Waals surface area contributed by atoms with E-state index in [1.54, 1.807) is 0 Å². The van der Waals surface area contributed by atoms with Crippen molar-refractivity contribution in [1.29, 1.82) is 0 Å². The predicted molar refractivity (Wildman–Crippen MR) is 172 cm³/mol. The fourth-order valence-electron chi connectivity index (χ4n) is 6.62. The number of nitrogens with zero attached hydrogens (tertiary/aromatic N) is 1. The monoisotopic (exact) mass is 523 g/mol. The lowest BCUT2D eigenvalue weighted by Crippen LogP contribution is -2.48. The van der Waals surface area contributed by atoms with Crippen LogP contribution in [-0.2, 0) is 0 Å². The van der Waals surface area contributed by atoms with Gasteiger partial charge in [0, 0.05) is 26.8 Å². The smallest absolute Gasteiger partial charge is 0.137 e. The van der Waals surface area contributed by atoms with Gasteiger partial charge in [-0.05, 0) is 56.6 Å². The normalized spacial score (nSPS) is 13.2. The summed E-state index contributed by atoms with van der Waals surface area (Å²) in [6, 6.07) is 50.4. The molecule has 3 nitrogen and oxygen atoms in total. The van der Waals surface area contributed by atoms with E-state index in [1.165, 1.54) is 59.3 Å². The van der Waals surface area contributed by atoms with E-state index in [4.69, 9.17) is 0 Å². The lowest BCUT2D eigenvalue weighted by Gasteiger charge is -2.23. The van der Waals surface area contributed by atoms with E-state index in [0.29, 0.717) is 0 Å². The van der Waals surface area contributed by atoms with Gasteiger partial charge in [0.05, 0.1) is 16.7 Å². The number of aromatic nitrogens is 1. The molecular weight excluding hydrogens is 498 g/mol. The van der Waals surface area contributed by atoms with Crippen molar-refractivity contribution in [2.24, 2.45) is 0 Å². The first-order valence-corrected chi connectivity index (χ1v) is 14.0. The molecular formula is C38H25N3. The van der Waals surface area contributed by atoms with Gasteiger partial charge in [0.2, 0.25) is 0 Å². The predicted octanol–water partition coefficient (Wildman–Crippen LogP) is 7.13. The summed E-state index contributed by atoms with van der Waals surface area (Å²) >= 11 is 0. The van der Waals surface area contributed by atoms with Crippen molar-refractivity contribution >= 4 is 65.6 Å². The highest BCUT2D eigenvalue weighted by molar-refractivity contribution is 6.14. The molecule has 2 N–H and O–H groups in total. The van der Waals surface area contributed by atoms with Crippen LogP contribution in [0.15, 0.2) is 140 Å². The second-order valence-electron chi connectivity index (χ2n) is 10.8. The first-order valence-electron chi connectivity index (χ1n) is 14.0. The fourth-order valence-corrected chi connectivity index (χ4v) is 6.62. The Kier molecular flexibility index (Phi) is 4.61. The molecule has 0 aliphatic carbocycles. The number of hydrogen-bond acceptors (Lipinski definition) is 2. The van der Waals surface area contributed by atoms with Gasteiger partial charge in [0.15, 0.2) is 0 Å². The molecule has 0 saturated carbocycles. The maximum absolute atomic E-state index is 3.64. The zero-order valence-corrected chi connectivity index (χ0v) is 22.2. The van der Waals surface area contributed by atoms with E-state index in [9.17, 15) is 0 Å². The summed E-state index contributed by atoms with van der Waals surface area (Å²) in [5.41, 5.74) is 11.8. The molecule has 0 radical (unpaired) electrons. The molecule has 2 heterocycles. The molecule has 1 aromatic heterocycles. The molecule has 0 saturated heterocycles. The van der Waals surface area contributed by atoms with Crippen molar-refractivity contribution in [3.8, 4) is 0 Å². The Hall–Kier alpha value is -5.54. The molecule has 192 valence electrons. The Morgan fingerprint density at radius 2 is 1.02 bits per heavy atom. The number of para-hydroxylation sites is 1. The minimum Gasteiger partial charge on any atom is -0.298 e. The van der Waals surface area contributed by atoms with Crippen LogP contribution < -0.4 is 21.3 Å². The van der Waals surface area contributed by atoms with E-state index in [2.05, 4.69) is 155 Å². The molecule has 41 heavy (non-hydrogen) atoms. The molecule has 9 rings (SSSR count). The zero-order valence-electron chi connectivity index (χ0n) is 22.2.